The van der Waals surface area contributed by atoms with E-state index in [9.17, 15) is 27.2 Å². The Balaban J connectivity index is 0.000000161. The number of aromatic nitrogens is 12. The molecule has 86 heavy (non-hydrogen) atoms. The highest BCUT2D eigenvalue weighted by atomic mass is 32.1. The molecule has 454 valence electrons. The van der Waals surface area contributed by atoms with Gasteiger partial charge in [0.25, 0.3) is 0 Å². The van der Waals surface area contributed by atoms with Crippen LogP contribution in [0.2, 0.25) is 0 Å². The van der Waals surface area contributed by atoms with Gasteiger partial charge in [-0.2, -0.15) is 32.9 Å². The van der Waals surface area contributed by atoms with Crippen molar-refractivity contribution in [1.29, 1.82) is 0 Å². The fourth-order valence-corrected chi connectivity index (χ4v) is 11.7. The Hall–Kier alpha value is -8.46. The quantitative estimate of drug-likeness (QED) is 0.0400. The van der Waals surface area contributed by atoms with Gasteiger partial charge in [-0.1, -0.05) is 58.3 Å². The molecule has 6 aromatic heterocycles. The van der Waals surface area contributed by atoms with Crippen LogP contribution in [0.15, 0.2) is 104 Å². The van der Waals surface area contributed by atoms with Gasteiger partial charge in [0, 0.05) is 89.2 Å². The van der Waals surface area contributed by atoms with Gasteiger partial charge in [-0.3, -0.25) is 9.59 Å². The van der Waals surface area contributed by atoms with E-state index in [1.165, 1.54) is 58.3 Å². The van der Waals surface area contributed by atoms with Crippen LogP contribution in [0.5, 0.6) is 11.5 Å². The largest absolute Gasteiger partial charge is 0.435 e. The van der Waals surface area contributed by atoms with Gasteiger partial charge >= 0.3 is 13.2 Å². The van der Waals surface area contributed by atoms with E-state index in [4.69, 9.17) is 15.2 Å². The molecule has 0 bridgehead atoms. The van der Waals surface area contributed by atoms with Crippen molar-refractivity contribution in [3.05, 3.63) is 125 Å². The topological polar surface area (TPSA) is 298 Å². The van der Waals surface area contributed by atoms with Crippen LogP contribution in [0.3, 0.4) is 0 Å². The highest BCUT2D eigenvalue weighted by molar-refractivity contribution is 7.18. The van der Waals surface area contributed by atoms with E-state index in [0.717, 1.165) is 81.1 Å². The van der Waals surface area contributed by atoms with Crippen LogP contribution in [0, 0.1) is 0 Å². The lowest BCUT2D eigenvalue weighted by molar-refractivity contribution is -0.130. The number of nitrogens with two attached hydrogens (primary N) is 1. The highest BCUT2D eigenvalue weighted by Crippen LogP contribution is 2.31. The van der Waals surface area contributed by atoms with Crippen molar-refractivity contribution in [2.24, 2.45) is 0 Å². The number of carbonyl (C=O) groups excluding carboxylic acids is 2. The fourth-order valence-electron chi connectivity index (χ4n) is 9.50. The van der Waals surface area contributed by atoms with Gasteiger partial charge in [-0.05, 0) is 105 Å². The molecule has 3 fully saturated rings. The molecule has 9 heterocycles. The highest BCUT2D eigenvalue weighted by Gasteiger charge is 2.30. The number of rotatable bonds is 25. The second kappa shape index (κ2) is 31.1. The van der Waals surface area contributed by atoms with E-state index < -0.39 is 25.4 Å². The molecular weight excluding hydrogens is 1180 g/mol. The van der Waals surface area contributed by atoms with E-state index in [2.05, 4.69) is 101 Å². The molecule has 3 saturated heterocycles. The summed E-state index contributed by atoms with van der Waals surface area (Å²) < 4.78 is 70.3. The lowest BCUT2D eigenvalue weighted by atomic mass is 10.0. The smallest absolute Gasteiger partial charge is 0.387 e. The molecular formula is C54H61F4N19O6S3. The first-order valence-electron chi connectivity index (χ1n) is 27.3. The summed E-state index contributed by atoms with van der Waals surface area (Å²) in [5.41, 5.74) is 6.44. The number of hydrogen-bond acceptors (Lipinski definition) is 28. The molecule has 25 nitrogen and oxygen atoms in total. The molecule has 0 saturated carbocycles. The third-order valence-electron chi connectivity index (χ3n) is 13.2. The first-order valence-corrected chi connectivity index (χ1v) is 29.8. The van der Waals surface area contributed by atoms with Crippen molar-refractivity contribution >= 4 is 83.6 Å². The van der Waals surface area contributed by atoms with Crippen LogP contribution in [-0.2, 0) is 31.9 Å². The maximum absolute atomic E-state index is 13.0. The third kappa shape index (κ3) is 18.3. The maximum atomic E-state index is 13.0. The van der Waals surface area contributed by atoms with Crippen LogP contribution in [0.1, 0.15) is 66.5 Å². The van der Waals surface area contributed by atoms with Crippen molar-refractivity contribution in [1.82, 2.24) is 61.2 Å². The Kier molecular flexibility index (Phi) is 22.4. The first kappa shape index (κ1) is 62.1. The van der Waals surface area contributed by atoms with Crippen molar-refractivity contribution in [3.63, 3.8) is 0 Å². The zero-order chi connectivity index (χ0) is 60.2. The molecule has 3 aliphatic heterocycles. The van der Waals surface area contributed by atoms with E-state index in [1.807, 2.05) is 36.4 Å². The van der Waals surface area contributed by atoms with Gasteiger partial charge in [0.2, 0.25) is 20.5 Å². The summed E-state index contributed by atoms with van der Waals surface area (Å²) in [4.78, 5) is 32.4. The monoisotopic (exact) mass is 1240 g/mol. The van der Waals surface area contributed by atoms with E-state index >= 15 is 0 Å². The van der Waals surface area contributed by atoms with Crippen LogP contribution >= 0.6 is 34.0 Å². The molecule has 11 rings (SSSR count). The van der Waals surface area contributed by atoms with E-state index in [-0.39, 0.29) is 61.2 Å². The molecule has 2 aromatic carbocycles. The number of ether oxygens (including phenoxy) is 4. The number of ketones is 2. The van der Waals surface area contributed by atoms with Gasteiger partial charge in [0.1, 0.15) is 33.7 Å². The Morgan fingerprint density at radius 3 is 1.26 bits per heavy atom. The van der Waals surface area contributed by atoms with Crippen LogP contribution in [0.4, 0.5) is 55.5 Å². The lowest BCUT2D eigenvalue weighted by Gasteiger charge is -2.17. The summed E-state index contributed by atoms with van der Waals surface area (Å²) in [6.45, 7) is 3.27. The summed E-state index contributed by atoms with van der Waals surface area (Å²) in [6, 6.07) is 24.1. The zero-order valence-electron chi connectivity index (χ0n) is 46.5. The van der Waals surface area contributed by atoms with E-state index in [0.29, 0.717) is 42.6 Å². The van der Waals surface area contributed by atoms with Gasteiger partial charge in [0.05, 0.1) is 12.8 Å². The second-order valence-electron chi connectivity index (χ2n) is 19.3. The lowest BCUT2D eigenvalue weighted by Crippen LogP contribution is -2.26. The number of Topliss-reactive ketones (excluding diaryl/α,β-unsaturated/α-hetero) is 2. The minimum atomic E-state index is -2.95. The summed E-state index contributed by atoms with van der Waals surface area (Å²) in [5.74, 6) is 2.04. The molecule has 5 atom stereocenters. The van der Waals surface area contributed by atoms with Crippen molar-refractivity contribution in [2.75, 3.05) is 88.9 Å². The van der Waals surface area contributed by atoms with Crippen molar-refractivity contribution in [3.8, 4) is 11.5 Å². The maximum Gasteiger partial charge on any atom is 0.387 e. The standard InChI is InChI=1S/2C22H24F2N6O3S.C10H13N7S/c2*1-2-32-20(14-5-3-6-16(11-14)33-21(23)24)17(31)12-19-28-29-22(34-19)26-15-8-10-30(13-15)18-7-4-9-25-27-18;11-9-15-16-10(18-9)13-7-3-5-17(6-7)8-2-1-4-12-14-8/h2*3-7,9,11,15,20-21H,2,8,10,12-13H2,1H3,(H,26,29);1-2,4,7H,3,5-6H2,(H2,11,15)(H,13,16)/t15-,20+;15-,20-;7-/m111/s1. The molecule has 3 aliphatic rings. The van der Waals surface area contributed by atoms with Gasteiger partial charge in [-0.15, -0.1) is 45.9 Å². The van der Waals surface area contributed by atoms with Crippen molar-refractivity contribution in [2.45, 2.75) is 89.5 Å². The first-order chi connectivity index (χ1) is 41.8. The van der Waals surface area contributed by atoms with Crippen molar-refractivity contribution < 1.29 is 46.1 Å². The molecule has 0 amide bonds. The summed E-state index contributed by atoms with van der Waals surface area (Å²) in [6.07, 6.45) is 6.02. The predicted molar refractivity (Wildman–Crippen MR) is 315 cm³/mol. The Labute approximate surface area is 503 Å². The normalized spacial score (nSPS) is 17.1. The summed E-state index contributed by atoms with van der Waals surface area (Å²) >= 11 is 3.98. The molecule has 0 unspecified atom stereocenters. The number of alkyl halides is 4. The molecule has 0 spiro atoms. The number of halogens is 4. The molecule has 5 N–H and O–H groups in total. The number of hydrogen-bond donors (Lipinski definition) is 4. The van der Waals surface area contributed by atoms with Crippen LogP contribution < -0.4 is 45.9 Å². The minimum Gasteiger partial charge on any atom is -0.435 e. The minimum absolute atomic E-state index is 0.0142. The Morgan fingerprint density at radius 1 is 0.535 bits per heavy atom. The Morgan fingerprint density at radius 2 is 0.919 bits per heavy atom. The predicted octanol–water partition coefficient (Wildman–Crippen LogP) is 7.62. The Bertz CT molecular complexity index is 3200. The molecule has 32 heteroatoms. The number of benzene rings is 2. The molecule has 0 aliphatic carbocycles. The molecule has 0 radical (unpaired) electrons. The summed E-state index contributed by atoms with van der Waals surface area (Å²) in [7, 11) is 0. The number of nitrogens with one attached hydrogen (secondary N) is 3. The third-order valence-corrected chi connectivity index (χ3v) is 15.6. The zero-order valence-corrected chi connectivity index (χ0v) is 49.0. The van der Waals surface area contributed by atoms with Gasteiger partial charge in [0.15, 0.2) is 29.0 Å². The number of carbonyl (C=O) groups is 2. The SMILES string of the molecule is CCO[C@@H](C(=O)Cc1nnc(N[C@@H]2CCN(c3cccnn3)C2)s1)c1cccc(OC(F)F)c1.CCO[C@H](C(=O)Cc1nnc(N[C@@H]2CCN(c3cccnn3)C2)s1)c1cccc(OC(F)F)c1.Nc1nnc(N[C@@H]2CCN(c3cccnn3)C2)s1. The average Bonchev–Trinajstić information content (AvgIpc) is 4.37. The van der Waals surface area contributed by atoms with Crippen LogP contribution in [-0.4, -0.2) is 157 Å². The average molecular weight is 1240 g/mol. The number of anilines is 7. The summed E-state index contributed by atoms with van der Waals surface area (Å²) in [5, 5.41) is 62.2. The number of nitrogens with zero attached hydrogens (tertiary/aromatic N) is 15. The van der Waals surface area contributed by atoms with Crippen LogP contribution in [0.25, 0.3) is 0 Å². The second-order valence-corrected chi connectivity index (χ2v) is 22.4. The van der Waals surface area contributed by atoms with Gasteiger partial charge < -0.3 is 55.3 Å². The van der Waals surface area contributed by atoms with E-state index in [1.54, 1.807) is 56.7 Å². The van der Waals surface area contributed by atoms with Gasteiger partial charge in [-0.25, -0.2) is 0 Å². The molecule has 8 aromatic rings. The fraction of sp³-hybridized carbons (Fsp3) is 0.407. The number of nitrogen functional groups attached to an aromatic ring is 1.